The number of carbonyl (C=O) groups is 2. The number of ether oxygens (including phenoxy) is 2. The molecule has 11 heteroatoms. The summed E-state index contributed by atoms with van der Waals surface area (Å²) in [5, 5.41) is 4.69. The molecular formula is C36H45ClF2N2O5Si. The highest BCUT2D eigenvalue weighted by molar-refractivity contribution is 6.99. The van der Waals surface area contributed by atoms with Crippen LogP contribution in [0.3, 0.4) is 0 Å². The number of hydrogen-bond acceptors (Lipinski definition) is 5. The van der Waals surface area contributed by atoms with Crippen LogP contribution in [-0.2, 0) is 24.2 Å². The molecule has 0 aromatic heterocycles. The van der Waals surface area contributed by atoms with Gasteiger partial charge in [0.2, 0.25) is 0 Å². The van der Waals surface area contributed by atoms with E-state index in [1.165, 1.54) is 4.90 Å². The van der Waals surface area contributed by atoms with Crippen molar-refractivity contribution in [3.63, 3.8) is 0 Å². The van der Waals surface area contributed by atoms with E-state index in [0.717, 1.165) is 22.5 Å². The third-order valence-electron chi connectivity index (χ3n) is 8.24. The van der Waals surface area contributed by atoms with Gasteiger partial charge in [-0.2, -0.15) is 0 Å². The average Bonchev–Trinajstić information content (AvgIpc) is 2.98. The zero-order valence-corrected chi connectivity index (χ0v) is 30.1. The maximum absolute atomic E-state index is 14.1. The summed E-state index contributed by atoms with van der Waals surface area (Å²) >= 11 is 6.22. The van der Waals surface area contributed by atoms with Gasteiger partial charge < -0.3 is 19.2 Å². The van der Waals surface area contributed by atoms with E-state index < -0.39 is 55.2 Å². The van der Waals surface area contributed by atoms with Crippen LogP contribution < -0.4 is 15.7 Å². The van der Waals surface area contributed by atoms with Crippen LogP contribution in [0.4, 0.5) is 13.6 Å². The molecule has 3 aromatic carbocycles. The van der Waals surface area contributed by atoms with E-state index >= 15 is 0 Å². The molecule has 0 spiro atoms. The van der Waals surface area contributed by atoms with E-state index in [2.05, 4.69) is 50.4 Å². The number of benzene rings is 3. The number of halogens is 3. The molecule has 1 aliphatic heterocycles. The summed E-state index contributed by atoms with van der Waals surface area (Å²) < 4.78 is 46.8. The van der Waals surface area contributed by atoms with Crippen LogP contribution >= 0.6 is 11.6 Å². The number of hydrogen-bond donors (Lipinski definition) is 1. The minimum absolute atomic E-state index is 0.00188. The zero-order valence-electron chi connectivity index (χ0n) is 28.3. The molecule has 47 heavy (non-hydrogen) atoms. The minimum Gasteiger partial charge on any atom is -0.444 e. The Morgan fingerprint density at radius 2 is 1.45 bits per heavy atom. The van der Waals surface area contributed by atoms with Crippen LogP contribution in [-0.4, -0.2) is 62.7 Å². The van der Waals surface area contributed by atoms with Gasteiger partial charge in [-0.25, -0.2) is 13.6 Å². The highest BCUT2D eigenvalue weighted by Crippen LogP contribution is 2.37. The first-order chi connectivity index (χ1) is 21.9. The lowest BCUT2D eigenvalue weighted by Gasteiger charge is -2.46. The monoisotopic (exact) mass is 686 g/mol. The average molecular weight is 687 g/mol. The number of rotatable bonds is 8. The van der Waals surface area contributed by atoms with Crippen molar-refractivity contribution in [2.75, 3.05) is 19.8 Å². The van der Waals surface area contributed by atoms with Crippen molar-refractivity contribution in [1.82, 2.24) is 10.2 Å². The summed E-state index contributed by atoms with van der Waals surface area (Å²) in [5.41, 5.74) is -1.78. The van der Waals surface area contributed by atoms with Crippen LogP contribution in [0.15, 0.2) is 72.8 Å². The first-order valence-electron chi connectivity index (χ1n) is 15.7. The summed E-state index contributed by atoms with van der Waals surface area (Å²) in [4.78, 5) is 28.7. The Morgan fingerprint density at radius 1 is 0.915 bits per heavy atom. The number of carbonyl (C=O) groups excluding carboxylic acids is 2. The number of morpholine rings is 1. The fourth-order valence-corrected chi connectivity index (χ4v) is 11.0. The van der Waals surface area contributed by atoms with Crippen LogP contribution in [0.2, 0.25) is 10.1 Å². The quantitative estimate of drug-likeness (QED) is 0.215. The lowest BCUT2D eigenvalue weighted by atomic mass is 9.93. The van der Waals surface area contributed by atoms with Crippen molar-refractivity contribution in [3.05, 3.63) is 95.0 Å². The standard InChI is InChI=1S/C36H45ClF2N2O5Si/c1-34(2,3)46-33(43)41-21-31(32(42)40-36(7,8)27-19-29(38)30(39)20-28(27)37)44-22-24(41)23-45-47(35(4,5)6,25-15-11-9-12-16-25)26-17-13-10-14-18-26/h9-20,24,31H,21-23H2,1-8H3,(H,40,42)/t24-,31-/m0/s1. The van der Waals surface area contributed by atoms with Gasteiger partial charge in [0.15, 0.2) is 17.7 Å². The third kappa shape index (κ3) is 8.23. The highest BCUT2D eigenvalue weighted by atomic mass is 35.5. The summed E-state index contributed by atoms with van der Waals surface area (Å²) in [6.07, 6.45) is -1.67. The Balaban J connectivity index is 1.63. The van der Waals surface area contributed by atoms with Crippen LogP contribution in [0.1, 0.15) is 61.0 Å². The molecule has 1 fully saturated rings. The van der Waals surface area contributed by atoms with Crippen molar-refractivity contribution >= 4 is 42.3 Å². The molecule has 1 aliphatic rings. The Bertz CT molecular complexity index is 1520. The van der Waals surface area contributed by atoms with E-state index in [1.54, 1.807) is 34.6 Å². The Labute approximate surface area is 282 Å². The van der Waals surface area contributed by atoms with E-state index in [9.17, 15) is 18.4 Å². The predicted molar refractivity (Wildman–Crippen MR) is 183 cm³/mol. The molecule has 0 radical (unpaired) electrons. The molecule has 0 unspecified atom stereocenters. The van der Waals surface area contributed by atoms with Crippen molar-refractivity contribution in [3.8, 4) is 0 Å². The maximum Gasteiger partial charge on any atom is 0.410 e. The first kappa shape index (κ1) is 36.5. The molecule has 7 nitrogen and oxygen atoms in total. The van der Waals surface area contributed by atoms with Crippen LogP contribution in [0.25, 0.3) is 0 Å². The van der Waals surface area contributed by atoms with Gasteiger partial charge in [0.1, 0.15) is 5.60 Å². The fraction of sp³-hybridized carbons (Fsp3) is 0.444. The molecule has 0 bridgehead atoms. The van der Waals surface area contributed by atoms with Crippen molar-refractivity contribution in [2.24, 2.45) is 0 Å². The van der Waals surface area contributed by atoms with Gasteiger partial charge in [0.25, 0.3) is 14.2 Å². The molecule has 2 atom stereocenters. The van der Waals surface area contributed by atoms with Crippen LogP contribution in [0.5, 0.6) is 0 Å². The van der Waals surface area contributed by atoms with Gasteiger partial charge in [-0.05, 0) is 67.7 Å². The van der Waals surface area contributed by atoms with Gasteiger partial charge in [-0.3, -0.25) is 9.69 Å². The van der Waals surface area contributed by atoms with E-state index in [1.807, 2.05) is 36.4 Å². The lowest BCUT2D eigenvalue weighted by Crippen LogP contribution is -2.68. The second kappa shape index (κ2) is 14.0. The first-order valence-corrected chi connectivity index (χ1v) is 18.0. The molecule has 0 aliphatic carbocycles. The summed E-state index contributed by atoms with van der Waals surface area (Å²) in [6, 6.07) is 21.6. The fourth-order valence-electron chi connectivity index (χ4n) is 5.98. The summed E-state index contributed by atoms with van der Waals surface area (Å²) in [6.45, 7) is 15.1. The maximum atomic E-state index is 14.1. The predicted octanol–water partition coefficient (Wildman–Crippen LogP) is 6.55. The Kier molecular flexibility index (Phi) is 10.9. The normalized spacial score (nSPS) is 17.7. The molecule has 1 heterocycles. The molecule has 2 amide bonds. The van der Waals surface area contributed by atoms with E-state index in [4.69, 9.17) is 25.5 Å². The van der Waals surface area contributed by atoms with Crippen molar-refractivity contribution < 1.29 is 32.3 Å². The largest absolute Gasteiger partial charge is 0.444 e. The third-order valence-corrected chi connectivity index (χ3v) is 13.6. The summed E-state index contributed by atoms with van der Waals surface area (Å²) in [7, 11) is -2.95. The van der Waals surface area contributed by atoms with Gasteiger partial charge in [-0.1, -0.05) is 93.0 Å². The highest BCUT2D eigenvalue weighted by Gasteiger charge is 2.51. The van der Waals surface area contributed by atoms with Gasteiger partial charge in [-0.15, -0.1) is 0 Å². The van der Waals surface area contributed by atoms with Gasteiger partial charge in [0.05, 0.1) is 31.3 Å². The molecule has 1 N–H and O–H groups in total. The van der Waals surface area contributed by atoms with Crippen LogP contribution in [0, 0.1) is 11.6 Å². The van der Waals surface area contributed by atoms with Gasteiger partial charge >= 0.3 is 6.09 Å². The number of nitrogens with zero attached hydrogens (tertiary/aromatic N) is 1. The van der Waals surface area contributed by atoms with E-state index in [-0.39, 0.29) is 35.4 Å². The smallest absolute Gasteiger partial charge is 0.410 e. The van der Waals surface area contributed by atoms with E-state index in [0.29, 0.717) is 0 Å². The second-order valence-corrected chi connectivity index (χ2v) is 19.2. The zero-order chi connectivity index (χ0) is 34.8. The molecule has 254 valence electrons. The Morgan fingerprint density at radius 3 is 1.96 bits per heavy atom. The van der Waals surface area contributed by atoms with Crippen molar-refractivity contribution in [1.29, 1.82) is 0 Å². The lowest BCUT2D eigenvalue weighted by molar-refractivity contribution is -0.144. The second-order valence-electron chi connectivity index (χ2n) is 14.4. The SMILES string of the molecule is CC(C)(C)OC(=O)N1C[C@@H](C(=O)NC(C)(C)c2cc(F)c(F)cc2Cl)OC[C@H]1CO[Si](c1ccccc1)(c1ccccc1)C(C)(C)C. The van der Waals surface area contributed by atoms with Gasteiger partial charge in [0, 0.05) is 5.02 Å². The summed E-state index contributed by atoms with van der Waals surface area (Å²) in [5.74, 6) is -2.72. The minimum atomic E-state index is -2.95. The Hall–Kier alpha value is -3.31. The molecular weight excluding hydrogens is 642 g/mol. The molecule has 4 rings (SSSR count). The number of nitrogens with one attached hydrogen (secondary N) is 1. The molecule has 1 saturated heterocycles. The number of amides is 2. The van der Waals surface area contributed by atoms with Crippen molar-refractivity contribution in [2.45, 2.75) is 83.7 Å². The molecule has 3 aromatic rings. The molecule has 0 saturated carbocycles. The topological polar surface area (TPSA) is 77.1 Å².